The average molecular weight is 331 g/mol. The number of rotatable bonds is 8. The van der Waals surface area contributed by atoms with Gasteiger partial charge in [0.05, 0.1) is 6.04 Å². The van der Waals surface area contributed by atoms with Crippen LogP contribution in [0.4, 0.5) is 0 Å². The summed E-state index contributed by atoms with van der Waals surface area (Å²) in [6.07, 6.45) is 1.88. The van der Waals surface area contributed by atoms with Crippen LogP contribution >= 0.6 is 0 Å². The molecule has 7 nitrogen and oxygen atoms in total. The van der Waals surface area contributed by atoms with Crippen molar-refractivity contribution in [2.24, 2.45) is 0 Å². The van der Waals surface area contributed by atoms with Crippen LogP contribution in [-0.2, 0) is 20.9 Å². The lowest BCUT2D eigenvalue weighted by molar-refractivity contribution is -0.125. The molecular weight excluding hydrogens is 310 g/mol. The second kappa shape index (κ2) is 7.72. The summed E-state index contributed by atoms with van der Waals surface area (Å²) in [7, 11) is 1.51. The quantitative estimate of drug-likeness (QED) is 0.680. The van der Waals surface area contributed by atoms with Gasteiger partial charge < -0.3 is 20.3 Å². The number of hydrogen-bond donors (Lipinski definition) is 2. The summed E-state index contributed by atoms with van der Waals surface area (Å²) < 4.78 is 0. The van der Waals surface area contributed by atoms with E-state index in [0.29, 0.717) is 24.9 Å². The van der Waals surface area contributed by atoms with Crippen molar-refractivity contribution in [2.45, 2.75) is 38.4 Å². The lowest BCUT2D eigenvalue weighted by Gasteiger charge is -2.25. The van der Waals surface area contributed by atoms with Gasteiger partial charge in [0.15, 0.2) is 0 Å². The number of hydrogen-bond acceptors (Lipinski definition) is 4. The molecule has 0 bridgehead atoms. The van der Waals surface area contributed by atoms with E-state index >= 15 is 0 Å². The van der Waals surface area contributed by atoms with Crippen LogP contribution in [0.15, 0.2) is 18.2 Å². The Bertz CT molecular complexity index is 659. The molecule has 7 heteroatoms. The van der Waals surface area contributed by atoms with Gasteiger partial charge >= 0.3 is 0 Å². The molecule has 0 radical (unpaired) electrons. The fourth-order valence-corrected chi connectivity index (χ4v) is 2.90. The molecule has 24 heavy (non-hydrogen) atoms. The molecule has 1 aromatic carbocycles. The van der Waals surface area contributed by atoms with E-state index < -0.39 is 6.04 Å². The minimum Gasteiger partial charge on any atom is -0.357 e. The van der Waals surface area contributed by atoms with E-state index in [9.17, 15) is 19.2 Å². The third kappa shape index (κ3) is 3.45. The van der Waals surface area contributed by atoms with Crippen LogP contribution in [0, 0.1) is 0 Å². The fourth-order valence-electron chi connectivity index (χ4n) is 2.90. The number of carbonyl (C=O) groups is 4. The van der Waals surface area contributed by atoms with Crippen molar-refractivity contribution >= 4 is 24.5 Å². The van der Waals surface area contributed by atoms with Crippen LogP contribution in [0.1, 0.15) is 47.3 Å². The van der Waals surface area contributed by atoms with Gasteiger partial charge in [-0.2, -0.15) is 0 Å². The van der Waals surface area contributed by atoms with Gasteiger partial charge in [0.2, 0.25) is 12.3 Å². The first-order valence-corrected chi connectivity index (χ1v) is 7.82. The highest BCUT2D eigenvalue weighted by Crippen LogP contribution is 2.28. The number of benzene rings is 1. The second-order valence-electron chi connectivity index (χ2n) is 5.73. The minimum absolute atomic E-state index is 0.165. The molecule has 3 amide bonds. The predicted molar refractivity (Wildman–Crippen MR) is 87.1 cm³/mol. The summed E-state index contributed by atoms with van der Waals surface area (Å²) in [6, 6.07) is 4.55. The summed E-state index contributed by atoms with van der Waals surface area (Å²) in [5.41, 5.74) is 2.26. The molecule has 0 aliphatic carbocycles. The molecule has 0 spiro atoms. The van der Waals surface area contributed by atoms with Crippen LogP contribution in [0.5, 0.6) is 0 Å². The first-order chi connectivity index (χ1) is 11.5. The van der Waals surface area contributed by atoms with Gasteiger partial charge in [-0.1, -0.05) is 12.1 Å². The monoisotopic (exact) mass is 331 g/mol. The highest BCUT2D eigenvalue weighted by molar-refractivity contribution is 6.01. The summed E-state index contributed by atoms with van der Waals surface area (Å²) in [6.45, 7) is 2.16. The normalized spacial score (nSPS) is 15.4. The van der Waals surface area contributed by atoms with Crippen molar-refractivity contribution in [3.05, 3.63) is 34.9 Å². The smallest absolute Gasteiger partial charge is 0.255 e. The topological polar surface area (TPSA) is 95.6 Å². The van der Waals surface area contributed by atoms with E-state index in [1.165, 1.54) is 11.9 Å². The van der Waals surface area contributed by atoms with Crippen molar-refractivity contribution < 1.29 is 19.2 Å². The lowest BCUT2D eigenvalue weighted by atomic mass is 10.0. The van der Waals surface area contributed by atoms with Crippen LogP contribution < -0.4 is 10.6 Å². The van der Waals surface area contributed by atoms with Gasteiger partial charge in [-0.25, -0.2) is 0 Å². The Hall–Kier alpha value is -2.70. The van der Waals surface area contributed by atoms with Gasteiger partial charge in [-0.3, -0.25) is 14.4 Å². The highest BCUT2D eigenvalue weighted by atomic mass is 16.2. The maximum absolute atomic E-state index is 12.6. The number of carbonyl (C=O) groups excluding carboxylic acids is 4. The number of amides is 3. The molecule has 1 aliphatic rings. The minimum atomic E-state index is -0.672. The summed E-state index contributed by atoms with van der Waals surface area (Å²) in [5, 5.41) is 5.22. The zero-order valence-electron chi connectivity index (χ0n) is 13.7. The molecule has 0 saturated heterocycles. The molecule has 2 atom stereocenters. The maximum atomic E-state index is 12.6. The number of nitrogens with zero attached hydrogens (tertiary/aromatic N) is 1. The summed E-state index contributed by atoms with van der Waals surface area (Å²) in [5.74, 6) is -0.499. The van der Waals surface area contributed by atoms with Gasteiger partial charge in [-0.05, 0) is 30.5 Å². The molecule has 0 saturated carbocycles. The highest BCUT2D eigenvalue weighted by Gasteiger charge is 2.35. The Kier molecular flexibility index (Phi) is 5.68. The van der Waals surface area contributed by atoms with E-state index in [1.807, 2.05) is 13.0 Å². The van der Waals surface area contributed by atoms with Crippen molar-refractivity contribution in [1.82, 2.24) is 15.5 Å². The first-order valence-electron chi connectivity index (χ1n) is 7.82. The Morgan fingerprint density at radius 2 is 2.12 bits per heavy atom. The molecule has 1 aromatic rings. The first kappa shape index (κ1) is 17.7. The third-order valence-corrected chi connectivity index (χ3v) is 4.26. The molecule has 2 N–H and O–H groups in total. The molecule has 128 valence electrons. The number of aldehydes is 1. The Morgan fingerprint density at radius 3 is 2.75 bits per heavy atom. The van der Waals surface area contributed by atoms with E-state index in [2.05, 4.69) is 10.6 Å². The van der Waals surface area contributed by atoms with Crippen molar-refractivity contribution in [3.8, 4) is 0 Å². The number of likely N-dealkylation sites (N-methyl/N-ethyl adjacent to an activating group) is 1. The summed E-state index contributed by atoms with van der Waals surface area (Å²) in [4.78, 5) is 47.4. The van der Waals surface area contributed by atoms with Gasteiger partial charge in [0, 0.05) is 25.6 Å². The number of nitrogens with one attached hydrogen (secondary N) is 2. The van der Waals surface area contributed by atoms with E-state index in [-0.39, 0.29) is 24.3 Å². The Morgan fingerprint density at radius 1 is 1.38 bits per heavy atom. The molecular formula is C17H21N3O4. The summed E-state index contributed by atoms with van der Waals surface area (Å²) >= 11 is 0. The van der Waals surface area contributed by atoms with E-state index in [4.69, 9.17) is 0 Å². The largest absolute Gasteiger partial charge is 0.357 e. The van der Waals surface area contributed by atoms with Gasteiger partial charge in [0.25, 0.3) is 5.91 Å². The molecule has 0 aromatic heterocycles. The van der Waals surface area contributed by atoms with Crippen LogP contribution in [0.2, 0.25) is 0 Å². The molecule has 2 unspecified atom stereocenters. The lowest BCUT2D eigenvalue weighted by Crippen LogP contribution is -2.46. The van der Waals surface area contributed by atoms with Gasteiger partial charge in [0.1, 0.15) is 12.3 Å². The van der Waals surface area contributed by atoms with E-state index in [1.54, 1.807) is 12.1 Å². The zero-order chi connectivity index (χ0) is 17.7. The van der Waals surface area contributed by atoms with Crippen LogP contribution in [0.25, 0.3) is 0 Å². The zero-order valence-corrected chi connectivity index (χ0v) is 13.7. The molecule has 1 aliphatic heterocycles. The fraction of sp³-hybridized carbons (Fsp3) is 0.412. The molecule has 2 rings (SSSR count). The predicted octanol–water partition coefficient (Wildman–Crippen LogP) is 0.543. The number of fused-ring (bicyclic) bond motifs is 1. The van der Waals surface area contributed by atoms with Crippen molar-refractivity contribution in [3.63, 3.8) is 0 Å². The molecule has 0 fully saturated rings. The second-order valence-corrected chi connectivity index (χ2v) is 5.73. The van der Waals surface area contributed by atoms with E-state index in [0.717, 1.165) is 17.4 Å². The van der Waals surface area contributed by atoms with Gasteiger partial charge in [-0.15, -0.1) is 0 Å². The SMILES string of the molecule is CNC(=O)C(CCC=O)N1Cc2cc(C(C)NC=O)ccc2C1=O. The van der Waals surface area contributed by atoms with Crippen molar-refractivity contribution in [2.75, 3.05) is 7.05 Å². The van der Waals surface area contributed by atoms with Crippen LogP contribution in [0.3, 0.4) is 0 Å². The Labute approximate surface area is 140 Å². The average Bonchev–Trinajstić information content (AvgIpc) is 2.91. The maximum Gasteiger partial charge on any atom is 0.255 e. The van der Waals surface area contributed by atoms with Crippen LogP contribution in [-0.4, -0.2) is 42.5 Å². The standard InChI is InChI=1S/C17H21N3O4/c1-11(19-10-22)12-5-6-14-13(8-12)9-20(17(14)24)15(4-3-7-21)16(23)18-2/h5-8,10-11,15H,3-4,9H2,1-2H3,(H,18,23)(H,19,22). The molecule has 1 heterocycles. The third-order valence-electron chi connectivity index (χ3n) is 4.26. The Balaban J connectivity index is 2.26. The van der Waals surface area contributed by atoms with Crippen molar-refractivity contribution in [1.29, 1.82) is 0 Å².